The van der Waals surface area contributed by atoms with E-state index in [4.69, 9.17) is 4.74 Å². The molecule has 0 aliphatic rings. The number of ether oxygens (including phenoxy) is 1. The molecule has 0 aliphatic carbocycles. The van der Waals surface area contributed by atoms with Gasteiger partial charge in [0.15, 0.2) is 0 Å². The van der Waals surface area contributed by atoms with E-state index in [9.17, 15) is 13.5 Å². The van der Waals surface area contributed by atoms with Gasteiger partial charge in [-0.2, -0.15) is 0 Å². The molecule has 0 aliphatic heterocycles. The summed E-state index contributed by atoms with van der Waals surface area (Å²) in [6, 6.07) is 6.30. The third kappa shape index (κ3) is 5.34. The van der Waals surface area contributed by atoms with Crippen molar-refractivity contribution in [2.75, 3.05) is 24.8 Å². The molecule has 102 valence electrons. The molecule has 0 heterocycles. The summed E-state index contributed by atoms with van der Waals surface area (Å²) in [5, 5.41) is 9.93. The molecule has 1 aromatic rings. The zero-order chi connectivity index (χ0) is 13.6. The van der Waals surface area contributed by atoms with Gasteiger partial charge in [0.05, 0.1) is 25.5 Å². The molecule has 1 unspecified atom stereocenters. The molecule has 0 spiro atoms. The lowest BCUT2D eigenvalue weighted by atomic mass is 10.1. The van der Waals surface area contributed by atoms with E-state index in [1.54, 1.807) is 24.3 Å². The molecule has 0 fully saturated rings. The zero-order valence-electron chi connectivity index (χ0n) is 9.97. The second-order valence-corrected chi connectivity index (χ2v) is 6.30. The first-order valence-electron chi connectivity index (χ1n) is 5.33. The second kappa shape index (κ2) is 7.08. The molecule has 2 N–H and O–H groups in total. The van der Waals surface area contributed by atoms with Crippen LogP contribution >= 0.6 is 15.9 Å². The number of nitrogens with one attached hydrogen (secondary N) is 1. The lowest BCUT2D eigenvalue weighted by Gasteiger charge is -2.15. The van der Waals surface area contributed by atoms with Crippen LogP contribution in [0.4, 0.5) is 0 Å². The first-order chi connectivity index (χ1) is 8.46. The number of aliphatic hydroxyl groups excluding tert-OH is 1. The molecule has 18 heavy (non-hydrogen) atoms. The molecule has 1 rings (SSSR count). The summed E-state index contributed by atoms with van der Waals surface area (Å²) in [7, 11) is -3.36. The van der Waals surface area contributed by atoms with Gasteiger partial charge in [0.2, 0.25) is 10.0 Å². The van der Waals surface area contributed by atoms with Crippen molar-refractivity contribution >= 4 is 26.0 Å². The minimum atomic E-state index is -3.36. The van der Waals surface area contributed by atoms with E-state index < -0.39 is 16.1 Å². The maximum atomic E-state index is 11.1. The minimum Gasteiger partial charge on any atom is -0.493 e. The summed E-state index contributed by atoms with van der Waals surface area (Å²) in [5.41, 5.74) is 0.689. The lowest BCUT2D eigenvalue weighted by molar-refractivity contribution is 0.259. The molecular weight excluding hydrogens is 322 g/mol. The number of hydrogen-bond donors (Lipinski definition) is 2. The predicted molar refractivity (Wildman–Crippen MR) is 73.5 cm³/mol. The van der Waals surface area contributed by atoms with Crippen LogP contribution < -0.4 is 9.46 Å². The molecule has 0 aromatic heterocycles. The molecule has 0 bridgehead atoms. The third-order valence-electron chi connectivity index (χ3n) is 2.17. The second-order valence-electron chi connectivity index (χ2n) is 3.73. The maximum absolute atomic E-state index is 11.1. The summed E-state index contributed by atoms with van der Waals surface area (Å²) in [6.45, 7) is 0.263. The van der Waals surface area contributed by atoms with E-state index in [0.717, 1.165) is 11.6 Å². The molecule has 0 radical (unpaired) electrons. The number of rotatable bonds is 7. The summed E-state index contributed by atoms with van der Waals surface area (Å²) < 4.78 is 30.0. The number of sulfonamides is 1. The number of hydrogen-bond acceptors (Lipinski definition) is 4. The van der Waals surface area contributed by atoms with Gasteiger partial charge >= 0.3 is 0 Å². The quantitative estimate of drug-likeness (QED) is 0.729. The fourth-order valence-electron chi connectivity index (χ4n) is 1.42. The number of aliphatic hydroxyl groups is 1. The highest BCUT2D eigenvalue weighted by Gasteiger charge is 2.14. The van der Waals surface area contributed by atoms with Gasteiger partial charge in [-0.25, -0.2) is 13.1 Å². The Morgan fingerprint density at radius 2 is 2.00 bits per heavy atom. The highest BCUT2D eigenvalue weighted by molar-refractivity contribution is 9.09. The Morgan fingerprint density at radius 1 is 1.39 bits per heavy atom. The molecule has 0 saturated carbocycles. The summed E-state index contributed by atoms with van der Waals surface area (Å²) in [4.78, 5) is 0. The normalized spacial score (nSPS) is 13.3. The number of benzene rings is 1. The Balaban J connectivity index is 2.75. The van der Waals surface area contributed by atoms with E-state index in [0.29, 0.717) is 17.9 Å². The van der Waals surface area contributed by atoms with Crippen LogP contribution in [0.15, 0.2) is 24.3 Å². The van der Waals surface area contributed by atoms with Gasteiger partial charge < -0.3 is 9.84 Å². The first kappa shape index (κ1) is 15.4. The summed E-state index contributed by atoms with van der Waals surface area (Å²) >= 11 is 3.25. The molecule has 0 amide bonds. The van der Waals surface area contributed by atoms with Gasteiger partial charge in [-0.05, 0) is 17.7 Å². The van der Waals surface area contributed by atoms with Crippen molar-refractivity contribution in [2.45, 2.75) is 6.04 Å². The van der Waals surface area contributed by atoms with Crippen LogP contribution in [0.25, 0.3) is 0 Å². The largest absolute Gasteiger partial charge is 0.493 e. The zero-order valence-corrected chi connectivity index (χ0v) is 12.4. The Kier molecular flexibility index (Phi) is 6.07. The Bertz CT molecular complexity index is 460. The Labute approximate surface area is 115 Å². The van der Waals surface area contributed by atoms with Crippen LogP contribution in [0.1, 0.15) is 11.6 Å². The SMILES string of the molecule is CS(=O)(=O)NC(CO)c1ccc(OCCBr)cc1. The van der Waals surface area contributed by atoms with Crippen LogP contribution in [0.5, 0.6) is 5.75 Å². The van der Waals surface area contributed by atoms with Crippen molar-refractivity contribution < 1.29 is 18.3 Å². The predicted octanol–water partition coefficient (Wildman–Crippen LogP) is 1.04. The van der Waals surface area contributed by atoms with Crippen LogP contribution in [-0.4, -0.2) is 38.3 Å². The van der Waals surface area contributed by atoms with Gasteiger partial charge in [0.25, 0.3) is 0 Å². The fourth-order valence-corrected chi connectivity index (χ4v) is 2.31. The molecular formula is C11H16BrNO4S. The van der Waals surface area contributed by atoms with Gasteiger partial charge in [-0.1, -0.05) is 28.1 Å². The van der Waals surface area contributed by atoms with E-state index >= 15 is 0 Å². The van der Waals surface area contributed by atoms with E-state index in [2.05, 4.69) is 20.7 Å². The van der Waals surface area contributed by atoms with Gasteiger partial charge in [0, 0.05) is 5.33 Å². The standard InChI is InChI=1S/C11H16BrNO4S/c1-18(15,16)13-11(8-14)9-2-4-10(5-3-9)17-7-6-12/h2-5,11,13-14H,6-8H2,1H3. The average molecular weight is 338 g/mol. The molecule has 1 aromatic carbocycles. The van der Waals surface area contributed by atoms with Crippen LogP contribution in [0, 0.1) is 0 Å². The van der Waals surface area contributed by atoms with E-state index in [-0.39, 0.29) is 6.61 Å². The van der Waals surface area contributed by atoms with Crippen LogP contribution in [0.2, 0.25) is 0 Å². The molecule has 1 atom stereocenters. The molecule has 5 nitrogen and oxygen atoms in total. The average Bonchev–Trinajstić information content (AvgIpc) is 2.33. The third-order valence-corrected chi connectivity index (χ3v) is 3.20. The number of alkyl halides is 1. The van der Waals surface area contributed by atoms with Gasteiger partial charge in [0.1, 0.15) is 5.75 Å². The number of halogens is 1. The van der Waals surface area contributed by atoms with Crippen molar-refractivity contribution in [1.29, 1.82) is 0 Å². The lowest BCUT2D eigenvalue weighted by Crippen LogP contribution is -2.29. The molecule has 7 heteroatoms. The first-order valence-corrected chi connectivity index (χ1v) is 8.34. The topological polar surface area (TPSA) is 75.6 Å². The maximum Gasteiger partial charge on any atom is 0.209 e. The van der Waals surface area contributed by atoms with Crippen molar-refractivity contribution in [2.24, 2.45) is 0 Å². The monoisotopic (exact) mass is 337 g/mol. The van der Waals surface area contributed by atoms with Gasteiger partial charge in [-0.3, -0.25) is 0 Å². The highest BCUT2D eigenvalue weighted by Crippen LogP contribution is 2.18. The van der Waals surface area contributed by atoms with E-state index in [1.165, 1.54) is 0 Å². The highest BCUT2D eigenvalue weighted by atomic mass is 79.9. The van der Waals surface area contributed by atoms with E-state index in [1.807, 2.05) is 0 Å². The molecule has 0 saturated heterocycles. The van der Waals surface area contributed by atoms with Crippen molar-refractivity contribution in [1.82, 2.24) is 4.72 Å². The van der Waals surface area contributed by atoms with Crippen molar-refractivity contribution in [3.8, 4) is 5.75 Å². The van der Waals surface area contributed by atoms with Crippen molar-refractivity contribution in [3.05, 3.63) is 29.8 Å². The van der Waals surface area contributed by atoms with Crippen LogP contribution in [-0.2, 0) is 10.0 Å². The van der Waals surface area contributed by atoms with Crippen LogP contribution in [0.3, 0.4) is 0 Å². The fraction of sp³-hybridized carbons (Fsp3) is 0.455. The Hall–Kier alpha value is -0.630. The van der Waals surface area contributed by atoms with Crippen molar-refractivity contribution in [3.63, 3.8) is 0 Å². The summed E-state index contributed by atoms with van der Waals surface area (Å²) in [6.07, 6.45) is 1.06. The van der Waals surface area contributed by atoms with Gasteiger partial charge in [-0.15, -0.1) is 0 Å². The summed E-state index contributed by atoms with van der Waals surface area (Å²) in [5.74, 6) is 0.703. The smallest absolute Gasteiger partial charge is 0.209 e. The minimum absolute atomic E-state index is 0.297. The Morgan fingerprint density at radius 3 is 2.44 bits per heavy atom.